The van der Waals surface area contributed by atoms with Crippen molar-refractivity contribution in [1.82, 2.24) is 10.2 Å². The average Bonchev–Trinajstić information content (AvgIpc) is 2.77. The van der Waals surface area contributed by atoms with Crippen molar-refractivity contribution in [3.05, 3.63) is 80.2 Å². The maximum Gasteiger partial charge on any atom is 0.287 e. The minimum atomic E-state index is -0.388. The molecule has 4 rings (SSSR count). The Bertz CT molecular complexity index is 1150. The zero-order valence-electron chi connectivity index (χ0n) is 17.9. The molecule has 0 aliphatic carbocycles. The molecule has 5 nitrogen and oxygen atoms in total. The van der Waals surface area contributed by atoms with Crippen LogP contribution in [0.4, 0.5) is 0 Å². The molecule has 162 valence electrons. The smallest absolute Gasteiger partial charge is 0.287 e. The van der Waals surface area contributed by atoms with E-state index in [4.69, 9.17) is 16.0 Å². The van der Waals surface area contributed by atoms with Gasteiger partial charge in [-0.1, -0.05) is 47.9 Å². The predicted molar refractivity (Wildman–Crippen MR) is 124 cm³/mol. The lowest BCUT2D eigenvalue weighted by atomic mass is 10.0. The Morgan fingerprint density at radius 2 is 1.81 bits per heavy atom. The number of hydrogen-bond acceptors (Lipinski definition) is 4. The minimum absolute atomic E-state index is 0.0144. The van der Waals surface area contributed by atoms with E-state index in [9.17, 15) is 9.59 Å². The summed E-state index contributed by atoms with van der Waals surface area (Å²) in [5, 5.41) is 3.86. The van der Waals surface area contributed by atoms with Gasteiger partial charge in [-0.2, -0.15) is 0 Å². The highest BCUT2D eigenvalue weighted by molar-refractivity contribution is 6.32. The molecule has 1 saturated heterocycles. The van der Waals surface area contributed by atoms with Gasteiger partial charge in [-0.25, -0.2) is 0 Å². The fraction of sp³-hybridized carbons (Fsp3) is 0.360. The van der Waals surface area contributed by atoms with Crippen molar-refractivity contribution < 1.29 is 9.21 Å². The molecule has 0 bridgehead atoms. The summed E-state index contributed by atoms with van der Waals surface area (Å²) in [6.45, 7) is 6.37. The van der Waals surface area contributed by atoms with Crippen molar-refractivity contribution in [2.24, 2.45) is 0 Å². The fourth-order valence-electron chi connectivity index (χ4n) is 4.14. The maximum atomic E-state index is 12.9. The topological polar surface area (TPSA) is 62.6 Å². The van der Waals surface area contributed by atoms with Gasteiger partial charge < -0.3 is 9.73 Å². The van der Waals surface area contributed by atoms with E-state index in [1.807, 2.05) is 6.92 Å². The van der Waals surface area contributed by atoms with Crippen molar-refractivity contribution in [3.63, 3.8) is 0 Å². The van der Waals surface area contributed by atoms with Crippen molar-refractivity contribution in [3.8, 4) is 0 Å². The Hall–Kier alpha value is -2.63. The van der Waals surface area contributed by atoms with Gasteiger partial charge in [-0.15, -0.1) is 0 Å². The molecule has 0 radical (unpaired) electrons. The van der Waals surface area contributed by atoms with Crippen molar-refractivity contribution >= 4 is 28.5 Å². The lowest BCUT2D eigenvalue weighted by Gasteiger charge is -2.35. The van der Waals surface area contributed by atoms with Crippen LogP contribution in [0.25, 0.3) is 11.0 Å². The maximum absolute atomic E-state index is 12.9. The first-order valence-corrected chi connectivity index (χ1v) is 11.1. The van der Waals surface area contributed by atoms with Crippen LogP contribution in [0.5, 0.6) is 0 Å². The summed E-state index contributed by atoms with van der Waals surface area (Å²) in [6, 6.07) is 13.1. The van der Waals surface area contributed by atoms with Crippen LogP contribution in [0.15, 0.2) is 51.7 Å². The van der Waals surface area contributed by atoms with E-state index < -0.39 is 0 Å². The second-order valence-electron chi connectivity index (χ2n) is 8.31. The molecule has 2 aromatic carbocycles. The monoisotopic (exact) mass is 438 g/mol. The fourth-order valence-corrected chi connectivity index (χ4v) is 4.31. The SMILES string of the molecule is Cc1ccc(C(CNC(=O)c2cc(=O)c3cc(Cl)c(C)cc3o2)N2CCCCC2)cc1. The summed E-state index contributed by atoms with van der Waals surface area (Å²) in [4.78, 5) is 27.8. The van der Waals surface area contributed by atoms with Gasteiger partial charge in [-0.05, 0) is 63.0 Å². The highest BCUT2D eigenvalue weighted by Crippen LogP contribution is 2.25. The van der Waals surface area contributed by atoms with E-state index in [0.717, 1.165) is 31.5 Å². The molecule has 2 heterocycles. The third kappa shape index (κ3) is 4.83. The van der Waals surface area contributed by atoms with Crippen molar-refractivity contribution in [2.45, 2.75) is 39.2 Å². The second kappa shape index (κ2) is 9.25. The number of carbonyl (C=O) groups is 1. The summed E-state index contributed by atoms with van der Waals surface area (Å²) in [5.41, 5.74) is 3.26. The molecular formula is C25H27ClN2O3. The van der Waals surface area contributed by atoms with Crippen LogP contribution >= 0.6 is 11.6 Å². The summed E-state index contributed by atoms with van der Waals surface area (Å²) in [6.07, 6.45) is 3.57. The van der Waals surface area contributed by atoms with Crippen LogP contribution in [0, 0.1) is 13.8 Å². The van der Waals surface area contributed by atoms with E-state index in [-0.39, 0.29) is 23.1 Å². The summed E-state index contributed by atoms with van der Waals surface area (Å²) < 4.78 is 5.76. The van der Waals surface area contributed by atoms with Crippen LogP contribution in [0.2, 0.25) is 5.02 Å². The molecule has 31 heavy (non-hydrogen) atoms. The number of fused-ring (bicyclic) bond motifs is 1. The van der Waals surface area contributed by atoms with Crippen LogP contribution in [0.3, 0.4) is 0 Å². The summed E-state index contributed by atoms with van der Waals surface area (Å²) in [7, 11) is 0. The minimum Gasteiger partial charge on any atom is -0.451 e. The van der Waals surface area contributed by atoms with Gasteiger partial charge in [-0.3, -0.25) is 14.5 Å². The van der Waals surface area contributed by atoms with Crippen LogP contribution in [-0.2, 0) is 0 Å². The molecule has 0 saturated carbocycles. The highest BCUT2D eigenvalue weighted by Gasteiger charge is 2.24. The van der Waals surface area contributed by atoms with Gasteiger partial charge >= 0.3 is 0 Å². The van der Waals surface area contributed by atoms with E-state index >= 15 is 0 Å². The van der Waals surface area contributed by atoms with Crippen LogP contribution in [-0.4, -0.2) is 30.4 Å². The lowest BCUT2D eigenvalue weighted by molar-refractivity contribution is 0.0897. The number of benzene rings is 2. The molecular weight excluding hydrogens is 412 g/mol. The number of rotatable bonds is 5. The number of nitrogens with one attached hydrogen (secondary N) is 1. The molecule has 1 aromatic heterocycles. The molecule has 1 unspecified atom stereocenters. The third-order valence-electron chi connectivity index (χ3n) is 5.98. The Balaban J connectivity index is 1.56. The Kier molecular flexibility index (Phi) is 6.44. The van der Waals surface area contributed by atoms with Gasteiger partial charge in [0.05, 0.1) is 11.4 Å². The van der Waals surface area contributed by atoms with Crippen LogP contribution in [0.1, 0.15) is 52.5 Å². The number of halogens is 1. The summed E-state index contributed by atoms with van der Waals surface area (Å²) >= 11 is 6.12. The standard InChI is InChI=1S/C25H27ClN2O3/c1-16-6-8-18(9-7-16)21(28-10-4-3-5-11-28)15-27-25(30)24-14-22(29)19-13-20(26)17(2)12-23(19)31-24/h6-9,12-14,21H,3-5,10-11,15H2,1-2H3,(H,27,30). The number of amides is 1. The summed E-state index contributed by atoms with van der Waals surface area (Å²) in [5.74, 6) is -0.374. The van der Waals surface area contributed by atoms with E-state index in [1.165, 1.54) is 23.6 Å². The van der Waals surface area contributed by atoms with E-state index in [1.54, 1.807) is 12.1 Å². The van der Waals surface area contributed by atoms with Gasteiger partial charge in [0, 0.05) is 17.6 Å². The number of aryl methyl sites for hydroxylation is 2. The first kappa shape index (κ1) is 21.6. The van der Waals surface area contributed by atoms with Crippen molar-refractivity contribution in [1.29, 1.82) is 0 Å². The molecule has 0 spiro atoms. The Morgan fingerprint density at radius 3 is 2.52 bits per heavy atom. The number of likely N-dealkylation sites (tertiary alicyclic amines) is 1. The molecule has 1 atom stereocenters. The Morgan fingerprint density at radius 1 is 1.10 bits per heavy atom. The predicted octanol–water partition coefficient (Wildman–Crippen LogP) is 5.02. The lowest BCUT2D eigenvalue weighted by Crippen LogP contribution is -2.40. The first-order chi connectivity index (χ1) is 14.9. The molecule has 1 fully saturated rings. The molecule has 1 aliphatic rings. The Labute approximate surface area is 187 Å². The number of hydrogen-bond donors (Lipinski definition) is 1. The number of piperidine rings is 1. The average molecular weight is 439 g/mol. The van der Waals surface area contributed by atoms with Gasteiger partial charge in [0.25, 0.3) is 5.91 Å². The zero-order valence-corrected chi connectivity index (χ0v) is 18.7. The van der Waals surface area contributed by atoms with Gasteiger partial charge in [0.2, 0.25) is 0 Å². The van der Waals surface area contributed by atoms with Crippen molar-refractivity contribution in [2.75, 3.05) is 19.6 Å². The molecule has 1 aliphatic heterocycles. The third-order valence-corrected chi connectivity index (χ3v) is 6.39. The van der Waals surface area contributed by atoms with Gasteiger partial charge in [0.1, 0.15) is 5.58 Å². The highest BCUT2D eigenvalue weighted by atomic mass is 35.5. The number of nitrogens with zero attached hydrogens (tertiary/aromatic N) is 1. The zero-order chi connectivity index (χ0) is 22.0. The molecule has 1 amide bonds. The number of carbonyl (C=O) groups excluding carboxylic acids is 1. The molecule has 1 N–H and O–H groups in total. The quantitative estimate of drug-likeness (QED) is 0.607. The largest absolute Gasteiger partial charge is 0.451 e. The normalized spacial score (nSPS) is 15.7. The first-order valence-electron chi connectivity index (χ1n) is 10.8. The van der Waals surface area contributed by atoms with E-state index in [2.05, 4.69) is 41.4 Å². The molecule has 6 heteroatoms. The van der Waals surface area contributed by atoms with E-state index in [0.29, 0.717) is 22.5 Å². The second-order valence-corrected chi connectivity index (χ2v) is 8.71. The van der Waals surface area contributed by atoms with Crippen LogP contribution < -0.4 is 10.7 Å². The molecule has 3 aromatic rings. The van der Waals surface area contributed by atoms with Gasteiger partial charge in [0.15, 0.2) is 11.2 Å².